The first-order chi connectivity index (χ1) is 12.3. The van der Waals surface area contributed by atoms with Gasteiger partial charge in [-0.05, 0) is 41.5 Å². The third-order valence-corrected chi connectivity index (χ3v) is 6.19. The van der Waals surface area contributed by atoms with Gasteiger partial charge in [-0.3, -0.25) is 0 Å². The molecule has 3 nitrogen and oxygen atoms in total. The SMILES string of the molecule is Cc1cccc(C)c1NC(=O)N1CCS[C@H]1c1ccc(C(C)(C)C)cc1. The van der Waals surface area contributed by atoms with Gasteiger partial charge < -0.3 is 10.2 Å². The van der Waals surface area contributed by atoms with Gasteiger partial charge in [0.25, 0.3) is 0 Å². The Morgan fingerprint density at radius 3 is 2.27 bits per heavy atom. The molecule has 0 aliphatic carbocycles. The number of para-hydroxylation sites is 1. The Kier molecular flexibility index (Phi) is 5.33. The maximum absolute atomic E-state index is 12.9. The van der Waals surface area contributed by atoms with Gasteiger partial charge in [-0.25, -0.2) is 4.79 Å². The van der Waals surface area contributed by atoms with Gasteiger partial charge in [0.05, 0.1) is 0 Å². The summed E-state index contributed by atoms with van der Waals surface area (Å²) < 4.78 is 0. The lowest BCUT2D eigenvalue weighted by Gasteiger charge is -2.26. The highest BCUT2D eigenvalue weighted by Crippen LogP contribution is 2.39. The molecule has 2 aromatic carbocycles. The quantitative estimate of drug-likeness (QED) is 0.718. The number of benzene rings is 2. The summed E-state index contributed by atoms with van der Waals surface area (Å²) >= 11 is 1.83. The van der Waals surface area contributed by atoms with Gasteiger partial charge in [0.1, 0.15) is 5.37 Å². The molecule has 0 aromatic heterocycles. The number of aryl methyl sites for hydroxylation is 2. The molecule has 0 saturated carbocycles. The van der Waals surface area contributed by atoms with E-state index in [1.165, 1.54) is 11.1 Å². The molecule has 1 fully saturated rings. The van der Waals surface area contributed by atoms with Crippen LogP contribution in [0.4, 0.5) is 10.5 Å². The van der Waals surface area contributed by atoms with Crippen LogP contribution in [-0.4, -0.2) is 23.2 Å². The predicted molar refractivity (Wildman–Crippen MR) is 112 cm³/mol. The molecule has 1 atom stereocenters. The highest BCUT2D eigenvalue weighted by Gasteiger charge is 2.31. The summed E-state index contributed by atoms with van der Waals surface area (Å²) in [5.74, 6) is 0.964. The predicted octanol–water partition coefficient (Wildman–Crippen LogP) is 5.88. The van der Waals surface area contributed by atoms with Crippen LogP contribution in [0, 0.1) is 13.8 Å². The fourth-order valence-corrected chi connectivity index (χ4v) is 4.55. The molecular weight excluding hydrogens is 340 g/mol. The molecule has 0 bridgehead atoms. The number of hydrogen-bond acceptors (Lipinski definition) is 2. The molecule has 4 heteroatoms. The third kappa shape index (κ3) is 3.90. The number of carbonyl (C=O) groups is 1. The fraction of sp³-hybridized carbons (Fsp3) is 0.409. The fourth-order valence-electron chi connectivity index (χ4n) is 3.29. The molecule has 138 valence electrons. The molecule has 3 rings (SSSR count). The van der Waals surface area contributed by atoms with Gasteiger partial charge in [-0.1, -0.05) is 63.2 Å². The van der Waals surface area contributed by atoms with E-state index in [-0.39, 0.29) is 16.8 Å². The first-order valence-electron chi connectivity index (χ1n) is 9.13. The molecule has 26 heavy (non-hydrogen) atoms. The highest BCUT2D eigenvalue weighted by molar-refractivity contribution is 7.99. The van der Waals surface area contributed by atoms with E-state index in [1.807, 2.05) is 48.7 Å². The summed E-state index contributed by atoms with van der Waals surface area (Å²) in [4.78, 5) is 14.9. The van der Waals surface area contributed by atoms with E-state index in [0.29, 0.717) is 0 Å². The smallest absolute Gasteiger partial charge is 0.308 e. The lowest BCUT2D eigenvalue weighted by molar-refractivity contribution is 0.214. The Bertz CT molecular complexity index is 773. The molecule has 1 N–H and O–H groups in total. The minimum absolute atomic E-state index is 0.0164. The van der Waals surface area contributed by atoms with Crippen LogP contribution >= 0.6 is 11.8 Å². The first-order valence-corrected chi connectivity index (χ1v) is 10.2. The van der Waals surface area contributed by atoms with Crippen molar-refractivity contribution in [1.29, 1.82) is 0 Å². The van der Waals surface area contributed by atoms with Crippen molar-refractivity contribution in [3.8, 4) is 0 Å². The van der Waals surface area contributed by atoms with Gasteiger partial charge in [0, 0.05) is 18.0 Å². The average molecular weight is 369 g/mol. The number of rotatable bonds is 2. The molecule has 1 aliphatic heterocycles. The zero-order valence-electron chi connectivity index (χ0n) is 16.3. The number of nitrogens with one attached hydrogen (secondary N) is 1. The topological polar surface area (TPSA) is 32.3 Å². The summed E-state index contributed by atoms with van der Waals surface area (Å²) in [6, 6.07) is 14.8. The summed E-state index contributed by atoms with van der Waals surface area (Å²) in [5, 5.41) is 3.21. The number of anilines is 1. The van der Waals surface area contributed by atoms with Gasteiger partial charge in [-0.15, -0.1) is 11.8 Å². The summed E-state index contributed by atoms with van der Waals surface area (Å²) in [6.07, 6.45) is 0. The second-order valence-corrected chi connectivity index (χ2v) is 9.17. The van der Waals surface area contributed by atoms with Gasteiger partial charge in [0.2, 0.25) is 0 Å². The van der Waals surface area contributed by atoms with Crippen LogP contribution in [0.25, 0.3) is 0 Å². The molecule has 1 saturated heterocycles. The number of hydrogen-bond donors (Lipinski definition) is 1. The molecule has 1 heterocycles. The van der Waals surface area contributed by atoms with Crippen molar-refractivity contribution in [2.24, 2.45) is 0 Å². The Labute approximate surface area is 161 Å². The van der Waals surface area contributed by atoms with E-state index in [2.05, 4.69) is 50.4 Å². The van der Waals surface area contributed by atoms with Crippen molar-refractivity contribution in [1.82, 2.24) is 4.90 Å². The lowest BCUT2D eigenvalue weighted by Crippen LogP contribution is -2.34. The minimum Gasteiger partial charge on any atom is -0.308 e. The second-order valence-electron chi connectivity index (χ2n) is 7.99. The van der Waals surface area contributed by atoms with E-state index < -0.39 is 0 Å². The Balaban J connectivity index is 1.78. The van der Waals surface area contributed by atoms with E-state index in [0.717, 1.165) is 29.1 Å². The average Bonchev–Trinajstić information content (AvgIpc) is 3.07. The van der Waals surface area contributed by atoms with Crippen LogP contribution in [-0.2, 0) is 5.41 Å². The Morgan fingerprint density at radius 1 is 1.08 bits per heavy atom. The molecule has 0 unspecified atom stereocenters. The number of urea groups is 1. The first kappa shape index (κ1) is 18.8. The van der Waals surface area contributed by atoms with E-state index in [1.54, 1.807) is 0 Å². The molecule has 2 amide bonds. The molecule has 0 radical (unpaired) electrons. The Hall–Kier alpha value is -1.94. The van der Waals surface area contributed by atoms with Crippen LogP contribution in [0.3, 0.4) is 0 Å². The third-order valence-electron chi connectivity index (χ3n) is 4.93. The van der Waals surface area contributed by atoms with E-state index in [9.17, 15) is 4.79 Å². The normalized spacial score (nSPS) is 17.4. The van der Waals surface area contributed by atoms with Gasteiger partial charge in [-0.2, -0.15) is 0 Å². The zero-order chi connectivity index (χ0) is 18.9. The van der Waals surface area contributed by atoms with Crippen LogP contribution in [0.1, 0.15) is 48.4 Å². The standard InChI is InChI=1S/C22H28N2OS/c1-15-7-6-8-16(2)19(15)23-21(25)24-13-14-26-20(24)17-9-11-18(12-10-17)22(3,4)5/h6-12,20H,13-14H2,1-5H3,(H,23,25)/t20-/m0/s1. The van der Waals surface area contributed by atoms with Crippen LogP contribution in [0.15, 0.2) is 42.5 Å². The molecule has 1 aliphatic rings. The van der Waals surface area contributed by atoms with Crippen LogP contribution in [0.2, 0.25) is 0 Å². The summed E-state index contributed by atoms with van der Waals surface area (Å²) in [6.45, 7) is 11.5. The summed E-state index contributed by atoms with van der Waals surface area (Å²) in [5.41, 5.74) is 5.76. The summed E-state index contributed by atoms with van der Waals surface area (Å²) in [7, 11) is 0. The second kappa shape index (κ2) is 7.36. The largest absolute Gasteiger partial charge is 0.323 e. The lowest BCUT2D eigenvalue weighted by atomic mass is 9.87. The molecular formula is C22H28N2OS. The molecule has 2 aromatic rings. The zero-order valence-corrected chi connectivity index (χ0v) is 17.1. The highest BCUT2D eigenvalue weighted by atomic mass is 32.2. The number of carbonyl (C=O) groups excluding carboxylic acids is 1. The number of amides is 2. The monoisotopic (exact) mass is 368 g/mol. The van der Waals surface area contributed by atoms with Crippen LogP contribution < -0.4 is 5.32 Å². The van der Waals surface area contributed by atoms with Crippen molar-refractivity contribution in [2.75, 3.05) is 17.6 Å². The van der Waals surface area contributed by atoms with Crippen molar-refractivity contribution >= 4 is 23.5 Å². The maximum Gasteiger partial charge on any atom is 0.323 e. The van der Waals surface area contributed by atoms with E-state index >= 15 is 0 Å². The number of nitrogens with zero attached hydrogens (tertiary/aromatic N) is 1. The van der Waals surface area contributed by atoms with Gasteiger partial charge >= 0.3 is 6.03 Å². The van der Waals surface area contributed by atoms with Gasteiger partial charge in [0.15, 0.2) is 0 Å². The van der Waals surface area contributed by atoms with E-state index in [4.69, 9.17) is 0 Å². The molecule has 0 spiro atoms. The van der Waals surface area contributed by atoms with Crippen molar-refractivity contribution < 1.29 is 4.79 Å². The van der Waals surface area contributed by atoms with Crippen LogP contribution in [0.5, 0.6) is 0 Å². The van der Waals surface area contributed by atoms with Crippen molar-refractivity contribution in [3.63, 3.8) is 0 Å². The number of thioether (sulfide) groups is 1. The van der Waals surface area contributed by atoms with Crippen molar-refractivity contribution in [3.05, 3.63) is 64.7 Å². The van der Waals surface area contributed by atoms with Crippen molar-refractivity contribution in [2.45, 2.75) is 45.4 Å². The minimum atomic E-state index is -0.0164. The Morgan fingerprint density at radius 2 is 1.69 bits per heavy atom. The maximum atomic E-state index is 12.9.